The lowest BCUT2D eigenvalue weighted by molar-refractivity contribution is -0.153. The van der Waals surface area contributed by atoms with Crippen LogP contribution in [0.25, 0.3) is 21.6 Å². The molecule has 17 heteroatoms. The van der Waals surface area contributed by atoms with Gasteiger partial charge in [0.25, 0.3) is 5.91 Å². The van der Waals surface area contributed by atoms with E-state index in [2.05, 4.69) is 48.9 Å². The summed E-state index contributed by atoms with van der Waals surface area (Å²) >= 11 is 1.71. The first kappa shape index (κ1) is 43.4. The Labute approximate surface area is 382 Å². The van der Waals surface area contributed by atoms with Gasteiger partial charge in [-0.3, -0.25) is 19.4 Å². The van der Waals surface area contributed by atoms with Gasteiger partial charge in [0.2, 0.25) is 11.9 Å². The normalized spacial score (nSPS) is 19.8. The molecule has 0 unspecified atom stereocenters. The van der Waals surface area contributed by atoms with Crippen LogP contribution in [-0.2, 0) is 35.7 Å². The average Bonchev–Trinajstić information content (AvgIpc) is 3.90. The second-order valence-corrected chi connectivity index (χ2v) is 20.4. The minimum absolute atomic E-state index is 0.00274. The number of nitrogens with two attached hydrogens (primary N) is 1. The Hall–Kier alpha value is -5.46. The third kappa shape index (κ3) is 8.96. The van der Waals surface area contributed by atoms with E-state index in [9.17, 15) is 24.9 Å². The quantitative estimate of drug-likeness (QED) is 0.144. The molecule has 8 heterocycles. The Morgan fingerprint density at radius 3 is 2.25 bits per heavy atom. The molecule has 5 aliphatic rings. The number of phenolic OH excluding ortho intramolecular Hbond substituents is 2. The molecule has 10 rings (SSSR count). The molecule has 0 bridgehead atoms. The molecule has 5 aliphatic heterocycles. The monoisotopic (exact) mass is 902 g/mol. The van der Waals surface area contributed by atoms with Gasteiger partial charge in [0.1, 0.15) is 11.5 Å². The molecule has 4 fully saturated rings. The van der Waals surface area contributed by atoms with E-state index in [0.717, 1.165) is 92.4 Å². The van der Waals surface area contributed by atoms with Crippen molar-refractivity contribution >= 4 is 45.1 Å². The van der Waals surface area contributed by atoms with Crippen molar-refractivity contribution in [3.63, 3.8) is 0 Å². The second-order valence-electron chi connectivity index (χ2n) is 19.3. The minimum Gasteiger partial charge on any atom is -0.508 e. The summed E-state index contributed by atoms with van der Waals surface area (Å²) in [4.78, 5) is 57.3. The van der Waals surface area contributed by atoms with E-state index in [-0.39, 0.29) is 52.6 Å². The highest BCUT2D eigenvalue weighted by atomic mass is 32.1. The summed E-state index contributed by atoms with van der Waals surface area (Å²) in [6.45, 7) is 14.0. The van der Waals surface area contributed by atoms with Crippen LogP contribution in [0.3, 0.4) is 0 Å². The number of aromatic nitrogens is 4. The van der Waals surface area contributed by atoms with Crippen LogP contribution in [0, 0.1) is 5.41 Å². The lowest BCUT2D eigenvalue weighted by Crippen LogP contribution is -2.62. The van der Waals surface area contributed by atoms with Crippen LogP contribution >= 0.6 is 11.3 Å². The zero-order valence-corrected chi connectivity index (χ0v) is 38.0. The Morgan fingerprint density at radius 1 is 0.831 bits per heavy atom. The molecule has 0 atom stereocenters. The molecule has 4 saturated heterocycles. The number of aromatic hydroxyl groups is 2. The van der Waals surface area contributed by atoms with Crippen LogP contribution in [0.15, 0.2) is 48.8 Å². The molecule has 65 heavy (non-hydrogen) atoms. The van der Waals surface area contributed by atoms with E-state index < -0.39 is 5.60 Å². The van der Waals surface area contributed by atoms with Gasteiger partial charge >= 0.3 is 0 Å². The Balaban J connectivity index is 0.688. The molecule has 3 aromatic heterocycles. The van der Waals surface area contributed by atoms with Crippen molar-refractivity contribution in [1.29, 1.82) is 0 Å². The van der Waals surface area contributed by atoms with Crippen molar-refractivity contribution in [2.24, 2.45) is 5.41 Å². The van der Waals surface area contributed by atoms with Gasteiger partial charge in [-0.15, -0.1) is 11.3 Å². The molecular weight excluding hydrogens is 845 g/mol. The first-order valence-corrected chi connectivity index (χ1v) is 23.7. The van der Waals surface area contributed by atoms with Crippen molar-refractivity contribution in [2.45, 2.75) is 83.6 Å². The van der Waals surface area contributed by atoms with E-state index in [4.69, 9.17) is 20.4 Å². The lowest BCUT2D eigenvalue weighted by atomic mass is 9.71. The highest BCUT2D eigenvalue weighted by Gasteiger charge is 2.48. The highest BCUT2D eigenvalue weighted by Crippen LogP contribution is 2.43. The molecule has 1 spiro atoms. The fraction of sp³-hybridized carbons (Fsp3) is 0.500. The van der Waals surface area contributed by atoms with E-state index in [1.165, 1.54) is 16.5 Å². The number of hydrogen-bond donors (Lipinski definition) is 4. The van der Waals surface area contributed by atoms with Crippen LogP contribution in [0.1, 0.15) is 89.4 Å². The zero-order chi connectivity index (χ0) is 45.0. The van der Waals surface area contributed by atoms with Crippen LogP contribution < -0.4 is 10.6 Å². The Bertz CT molecular complexity index is 2590. The number of phenols is 2. The summed E-state index contributed by atoms with van der Waals surface area (Å²) in [5.41, 5.74) is 10.8. The van der Waals surface area contributed by atoms with Crippen molar-refractivity contribution in [3.05, 3.63) is 81.5 Å². The number of nitrogens with zero attached hydrogens (tertiary/aromatic N) is 9. The third-order valence-corrected chi connectivity index (χ3v) is 15.4. The van der Waals surface area contributed by atoms with E-state index in [1.54, 1.807) is 34.7 Å². The number of morpholine rings is 1. The first-order valence-electron chi connectivity index (χ1n) is 22.9. The van der Waals surface area contributed by atoms with Crippen molar-refractivity contribution in [1.82, 2.24) is 39.5 Å². The molecule has 0 saturated carbocycles. The van der Waals surface area contributed by atoms with Crippen LogP contribution in [0.4, 0.5) is 11.8 Å². The van der Waals surface area contributed by atoms with Gasteiger partial charge in [-0.25, -0.2) is 19.9 Å². The maximum atomic E-state index is 13.6. The summed E-state index contributed by atoms with van der Waals surface area (Å²) in [7, 11) is 0. The summed E-state index contributed by atoms with van der Waals surface area (Å²) in [5.74, 6) is 1.27. The van der Waals surface area contributed by atoms with Crippen molar-refractivity contribution < 1.29 is 29.6 Å². The second kappa shape index (κ2) is 17.4. The van der Waals surface area contributed by atoms with Gasteiger partial charge in [-0.2, -0.15) is 0 Å². The lowest BCUT2D eigenvalue weighted by Gasteiger charge is -2.54. The summed E-state index contributed by atoms with van der Waals surface area (Å²) in [6.07, 6.45) is 6.64. The van der Waals surface area contributed by atoms with Gasteiger partial charge in [0.15, 0.2) is 11.6 Å². The van der Waals surface area contributed by atoms with E-state index >= 15 is 0 Å². The fourth-order valence-corrected chi connectivity index (χ4v) is 11.5. The fourth-order valence-electron chi connectivity index (χ4n) is 10.3. The standard InChI is InChI=1S/C48H58N10O6S/c1-30(2)36-19-37(40(60)20-39(36)59)45(62)57-25-32-4-3-31(17-33(32)26-57)24-54-9-5-47(6-10-54)28-58(29-47)41(61)21-48(63)7-11-55(12-8-48)27-35-18-38-42(65-35)44(56-13-15-64-16-14-56)53-43(52-38)34-22-50-46(49)51-23-34/h3-4,17-20,22-23,30,59-60,63H,5-16,21,24-29H2,1-2H3,(H2,49,50,51). The maximum Gasteiger partial charge on any atom is 0.258 e. The Morgan fingerprint density at radius 2 is 1.52 bits per heavy atom. The molecule has 5 N–H and O–H groups in total. The molecule has 2 amide bonds. The van der Waals surface area contributed by atoms with Crippen molar-refractivity contribution in [3.8, 4) is 22.9 Å². The summed E-state index contributed by atoms with van der Waals surface area (Å²) in [6, 6.07) is 11.5. The number of ether oxygens (including phenoxy) is 1. The number of piperidine rings is 2. The molecule has 5 aromatic rings. The molecule has 2 aromatic carbocycles. The number of thiophene rings is 1. The van der Waals surface area contributed by atoms with Crippen molar-refractivity contribution in [2.75, 3.05) is 76.2 Å². The highest BCUT2D eigenvalue weighted by molar-refractivity contribution is 7.19. The molecule has 342 valence electrons. The number of amides is 2. The number of fused-ring (bicyclic) bond motifs is 2. The first-order chi connectivity index (χ1) is 31.3. The number of benzene rings is 2. The SMILES string of the molecule is CC(C)c1cc(C(=O)N2Cc3ccc(CN4CCC5(CC4)CN(C(=O)CC4(O)CCN(Cc6cc7nc(-c8cnc(N)nc8)nc(N8CCOCC8)c7s6)CC4)C5)cc3C2)c(O)cc1O. The van der Waals surface area contributed by atoms with Gasteiger partial charge < -0.3 is 40.5 Å². The topological polar surface area (TPSA) is 198 Å². The van der Waals surface area contributed by atoms with Gasteiger partial charge in [-0.1, -0.05) is 32.0 Å². The zero-order valence-electron chi connectivity index (χ0n) is 37.2. The van der Waals surface area contributed by atoms with Gasteiger partial charge in [0, 0.05) is 94.2 Å². The smallest absolute Gasteiger partial charge is 0.258 e. The van der Waals surface area contributed by atoms with Crippen LogP contribution in [0.5, 0.6) is 11.5 Å². The Kier molecular flexibility index (Phi) is 11.6. The third-order valence-electron chi connectivity index (χ3n) is 14.3. The van der Waals surface area contributed by atoms with Gasteiger partial charge in [0.05, 0.1) is 46.6 Å². The number of likely N-dealkylation sites (tertiary alicyclic amines) is 3. The van der Waals surface area contributed by atoms with E-state index in [0.29, 0.717) is 69.2 Å². The van der Waals surface area contributed by atoms with Crippen LogP contribution in [0.2, 0.25) is 0 Å². The summed E-state index contributed by atoms with van der Waals surface area (Å²) < 4.78 is 6.67. The largest absolute Gasteiger partial charge is 0.508 e. The molecular formula is C48H58N10O6S. The molecule has 0 radical (unpaired) electrons. The van der Waals surface area contributed by atoms with E-state index in [1.807, 2.05) is 18.7 Å². The number of carbonyl (C=O) groups excluding carboxylic acids is 2. The minimum atomic E-state index is -1.00. The number of aliphatic hydroxyl groups is 1. The number of nitrogen functional groups attached to an aromatic ring is 1. The maximum absolute atomic E-state index is 13.6. The number of anilines is 2. The number of rotatable bonds is 10. The number of carbonyl (C=O) groups is 2. The predicted molar refractivity (Wildman–Crippen MR) is 247 cm³/mol. The predicted octanol–water partition coefficient (Wildman–Crippen LogP) is 5.10. The van der Waals surface area contributed by atoms with Gasteiger partial charge in [-0.05, 0) is 79.1 Å². The summed E-state index contributed by atoms with van der Waals surface area (Å²) in [5, 5.41) is 32.4. The molecule has 16 nitrogen and oxygen atoms in total. The molecule has 0 aliphatic carbocycles. The number of hydrogen-bond acceptors (Lipinski definition) is 15. The van der Waals surface area contributed by atoms with Crippen LogP contribution in [-0.4, -0.2) is 138 Å². The average molecular weight is 903 g/mol.